The highest BCUT2D eigenvalue weighted by molar-refractivity contribution is 5.21. The summed E-state index contributed by atoms with van der Waals surface area (Å²) < 4.78 is 11.9. The molecule has 2 rings (SSSR count). The Morgan fingerprint density at radius 1 is 1.29 bits per heavy atom. The minimum atomic E-state index is -0.579. The molecule has 1 heterocycles. The number of hydrogen-bond acceptors (Lipinski definition) is 3. The van der Waals surface area contributed by atoms with E-state index in [0.29, 0.717) is 6.61 Å². The molecule has 0 spiro atoms. The van der Waals surface area contributed by atoms with Crippen molar-refractivity contribution < 1.29 is 9.47 Å². The molecule has 1 saturated heterocycles. The van der Waals surface area contributed by atoms with Crippen molar-refractivity contribution in [1.82, 2.24) is 4.90 Å². The normalized spacial score (nSPS) is 26.0. The zero-order chi connectivity index (χ0) is 12.1. The second-order valence-corrected chi connectivity index (χ2v) is 4.27. The lowest BCUT2D eigenvalue weighted by Gasteiger charge is -2.42. The summed E-state index contributed by atoms with van der Waals surface area (Å²) in [5.41, 5.74) is 1.11. The molecule has 1 aliphatic rings. The van der Waals surface area contributed by atoms with Gasteiger partial charge in [0, 0.05) is 18.7 Å². The van der Waals surface area contributed by atoms with Gasteiger partial charge >= 0.3 is 0 Å². The highest BCUT2D eigenvalue weighted by Crippen LogP contribution is 2.31. The molecular formula is C14H21NO2. The molecule has 0 bridgehead atoms. The minimum Gasteiger partial charge on any atom is -0.345 e. The molecule has 3 heteroatoms. The Hall–Kier alpha value is -0.900. The zero-order valence-electron chi connectivity index (χ0n) is 10.7. The van der Waals surface area contributed by atoms with E-state index in [1.54, 1.807) is 0 Å². The van der Waals surface area contributed by atoms with E-state index < -0.39 is 5.79 Å². The Balaban J connectivity index is 2.25. The van der Waals surface area contributed by atoms with Crippen LogP contribution in [0.1, 0.15) is 19.4 Å². The Morgan fingerprint density at radius 2 is 2.06 bits per heavy atom. The van der Waals surface area contributed by atoms with Crippen LogP contribution in [0, 0.1) is 0 Å². The third kappa shape index (κ3) is 2.68. The number of hydrogen-bond donors (Lipinski definition) is 0. The summed E-state index contributed by atoms with van der Waals surface area (Å²) in [5, 5.41) is 0. The average molecular weight is 235 g/mol. The summed E-state index contributed by atoms with van der Waals surface area (Å²) in [6, 6.07) is 10.2. The maximum absolute atomic E-state index is 5.96. The van der Waals surface area contributed by atoms with Crippen LogP contribution in [0.3, 0.4) is 0 Å². The van der Waals surface area contributed by atoms with Crippen molar-refractivity contribution in [2.45, 2.75) is 19.6 Å². The molecule has 17 heavy (non-hydrogen) atoms. The number of ether oxygens (including phenoxy) is 2. The minimum absolute atomic E-state index is 0.579. The molecule has 0 saturated carbocycles. The van der Waals surface area contributed by atoms with Crippen LogP contribution >= 0.6 is 0 Å². The van der Waals surface area contributed by atoms with Gasteiger partial charge in [0.2, 0.25) is 5.79 Å². The Bertz CT molecular complexity index is 337. The van der Waals surface area contributed by atoms with E-state index in [4.69, 9.17) is 9.47 Å². The predicted octanol–water partition coefficient (Wildman–Crippen LogP) is 2.23. The number of likely N-dealkylation sites (N-methyl/N-ethyl adjacent to an activating group) is 1. The lowest BCUT2D eigenvalue weighted by atomic mass is 10.0. The smallest absolute Gasteiger partial charge is 0.208 e. The monoisotopic (exact) mass is 235 g/mol. The molecule has 3 nitrogen and oxygen atoms in total. The predicted molar refractivity (Wildman–Crippen MR) is 67.8 cm³/mol. The van der Waals surface area contributed by atoms with Crippen LogP contribution in [-0.4, -0.2) is 37.7 Å². The fraction of sp³-hybridized carbons (Fsp3) is 0.571. The summed E-state index contributed by atoms with van der Waals surface area (Å²) >= 11 is 0. The topological polar surface area (TPSA) is 21.7 Å². The third-order valence-corrected chi connectivity index (χ3v) is 3.21. The summed E-state index contributed by atoms with van der Waals surface area (Å²) in [6.45, 7) is 8.39. The quantitative estimate of drug-likeness (QED) is 0.799. The van der Waals surface area contributed by atoms with E-state index in [-0.39, 0.29) is 0 Å². The Morgan fingerprint density at radius 3 is 2.71 bits per heavy atom. The van der Waals surface area contributed by atoms with E-state index >= 15 is 0 Å². The van der Waals surface area contributed by atoms with E-state index in [2.05, 4.69) is 24.0 Å². The van der Waals surface area contributed by atoms with E-state index in [1.807, 2.05) is 25.1 Å². The van der Waals surface area contributed by atoms with Gasteiger partial charge < -0.3 is 9.47 Å². The summed E-state index contributed by atoms with van der Waals surface area (Å²) in [6.07, 6.45) is 0. The number of rotatable bonds is 4. The van der Waals surface area contributed by atoms with Crippen LogP contribution < -0.4 is 0 Å². The van der Waals surface area contributed by atoms with Crippen LogP contribution in [0.5, 0.6) is 0 Å². The van der Waals surface area contributed by atoms with Gasteiger partial charge in [0.25, 0.3) is 0 Å². The molecule has 1 unspecified atom stereocenters. The van der Waals surface area contributed by atoms with Crippen molar-refractivity contribution >= 4 is 0 Å². The van der Waals surface area contributed by atoms with Crippen molar-refractivity contribution in [2.24, 2.45) is 0 Å². The summed E-state index contributed by atoms with van der Waals surface area (Å²) in [7, 11) is 0. The van der Waals surface area contributed by atoms with Crippen molar-refractivity contribution in [1.29, 1.82) is 0 Å². The first-order valence-corrected chi connectivity index (χ1v) is 6.36. The summed E-state index contributed by atoms with van der Waals surface area (Å²) in [4.78, 5) is 2.37. The van der Waals surface area contributed by atoms with Crippen LogP contribution in [-0.2, 0) is 15.3 Å². The number of morpholine rings is 1. The maximum Gasteiger partial charge on any atom is 0.208 e. The van der Waals surface area contributed by atoms with Gasteiger partial charge in [0.05, 0.1) is 13.2 Å². The van der Waals surface area contributed by atoms with Gasteiger partial charge in [-0.15, -0.1) is 0 Å². The molecule has 0 aromatic heterocycles. The first-order chi connectivity index (χ1) is 8.30. The van der Waals surface area contributed by atoms with Gasteiger partial charge in [0.15, 0.2) is 0 Å². The van der Waals surface area contributed by atoms with Gasteiger partial charge in [-0.3, -0.25) is 4.90 Å². The lowest BCUT2D eigenvalue weighted by Crippen LogP contribution is -2.51. The standard InChI is InChI=1S/C14H21NO2/c1-3-15-10-11-17-14(12-15,16-4-2)13-8-6-5-7-9-13/h5-9H,3-4,10-12H2,1-2H3. The molecule has 1 atom stereocenters. The van der Waals surface area contributed by atoms with Gasteiger partial charge in [-0.05, 0) is 13.5 Å². The fourth-order valence-electron chi connectivity index (χ4n) is 2.30. The Labute approximate surface area is 103 Å². The van der Waals surface area contributed by atoms with Crippen molar-refractivity contribution in [2.75, 3.05) is 32.8 Å². The second kappa shape index (κ2) is 5.63. The SMILES string of the molecule is CCOC1(c2ccccc2)CN(CC)CCO1. The van der Waals surface area contributed by atoms with Crippen molar-refractivity contribution in [3.05, 3.63) is 35.9 Å². The largest absolute Gasteiger partial charge is 0.345 e. The molecule has 0 N–H and O–H groups in total. The lowest BCUT2D eigenvalue weighted by molar-refractivity contribution is -0.274. The molecular weight excluding hydrogens is 214 g/mol. The average Bonchev–Trinajstić information content (AvgIpc) is 2.40. The zero-order valence-corrected chi connectivity index (χ0v) is 10.7. The first kappa shape index (κ1) is 12.6. The van der Waals surface area contributed by atoms with Gasteiger partial charge in [-0.1, -0.05) is 37.3 Å². The molecule has 0 amide bonds. The molecule has 94 valence electrons. The van der Waals surface area contributed by atoms with Gasteiger partial charge in [-0.25, -0.2) is 0 Å². The molecule has 1 aromatic carbocycles. The van der Waals surface area contributed by atoms with Crippen molar-refractivity contribution in [3.63, 3.8) is 0 Å². The molecule has 1 aliphatic heterocycles. The number of nitrogens with zero attached hydrogens (tertiary/aromatic N) is 1. The van der Waals surface area contributed by atoms with Crippen LogP contribution in [0.15, 0.2) is 30.3 Å². The van der Waals surface area contributed by atoms with Gasteiger partial charge in [-0.2, -0.15) is 0 Å². The van der Waals surface area contributed by atoms with E-state index in [1.165, 1.54) is 0 Å². The van der Waals surface area contributed by atoms with Crippen molar-refractivity contribution in [3.8, 4) is 0 Å². The fourth-order valence-corrected chi connectivity index (χ4v) is 2.30. The van der Waals surface area contributed by atoms with Crippen LogP contribution in [0.2, 0.25) is 0 Å². The second-order valence-electron chi connectivity index (χ2n) is 4.27. The van der Waals surface area contributed by atoms with Gasteiger partial charge in [0.1, 0.15) is 0 Å². The number of benzene rings is 1. The van der Waals surface area contributed by atoms with Crippen LogP contribution in [0.25, 0.3) is 0 Å². The van der Waals surface area contributed by atoms with Crippen LogP contribution in [0.4, 0.5) is 0 Å². The summed E-state index contributed by atoms with van der Waals surface area (Å²) in [5.74, 6) is -0.579. The maximum atomic E-state index is 5.96. The highest BCUT2D eigenvalue weighted by atomic mass is 16.7. The third-order valence-electron chi connectivity index (χ3n) is 3.21. The molecule has 0 radical (unpaired) electrons. The Kier molecular flexibility index (Phi) is 4.15. The highest BCUT2D eigenvalue weighted by Gasteiger charge is 2.38. The first-order valence-electron chi connectivity index (χ1n) is 6.36. The van der Waals surface area contributed by atoms with E-state index in [0.717, 1.165) is 31.8 Å². The molecule has 1 fully saturated rings. The van der Waals surface area contributed by atoms with E-state index in [9.17, 15) is 0 Å². The molecule has 1 aromatic rings. The molecule has 0 aliphatic carbocycles.